The number of anilines is 1. The molecule has 7 rings (SSSR count). The van der Waals surface area contributed by atoms with Crippen molar-refractivity contribution >= 4 is 29.6 Å². The maximum atomic E-state index is 13.3. The molecular weight excluding hydrogens is 674 g/mol. The minimum absolute atomic E-state index is 0.0301. The number of imide groups is 1. The fourth-order valence-corrected chi connectivity index (χ4v) is 8.06. The fraction of sp³-hybridized carbons (Fsp3) is 0.475. The van der Waals surface area contributed by atoms with E-state index < -0.39 is 6.04 Å². The number of aromatic nitrogens is 1. The van der Waals surface area contributed by atoms with Gasteiger partial charge < -0.3 is 29.6 Å². The normalized spacial score (nSPS) is 19.6. The number of aliphatic imine (C=N–C) groups is 1. The van der Waals surface area contributed by atoms with Crippen molar-refractivity contribution in [1.82, 2.24) is 25.0 Å². The number of fused-ring (bicyclic) bond motifs is 1. The molecule has 3 saturated heterocycles. The van der Waals surface area contributed by atoms with E-state index in [4.69, 9.17) is 9.47 Å². The number of piperidine rings is 3. The number of benzene rings is 2. The summed E-state index contributed by atoms with van der Waals surface area (Å²) in [7, 11) is 5.07. The lowest BCUT2D eigenvalue weighted by Gasteiger charge is -2.36. The molecule has 2 aromatic carbocycles. The molecule has 0 bridgehead atoms. The first-order chi connectivity index (χ1) is 25.7. The molecule has 3 N–H and O–H groups in total. The van der Waals surface area contributed by atoms with E-state index in [0.717, 1.165) is 79.8 Å². The van der Waals surface area contributed by atoms with E-state index in [-0.39, 0.29) is 29.3 Å². The number of rotatable bonds is 11. The van der Waals surface area contributed by atoms with Gasteiger partial charge in [0.05, 0.1) is 27.3 Å². The topological polar surface area (TPSA) is 147 Å². The summed E-state index contributed by atoms with van der Waals surface area (Å²) in [5.41, 5.74) is 6.39. The summed E-state index contributed by atoms with van der Waals surface area (Å²) >= 11 is 0. The quantitative estimate of drug-likeness (QED) is 0.254. The Labute approximate surface area is 309 Å². The second kappa shape index (κ2) is 15.9. The van der Waals surface area contributed by atoms with Gasteiger partial charge in [-0.15, -0.1) is 0 Å². The van der Waals surface area contributed by atoms with Gasteiger partial charge in [-0.3, -0.25) is 34.4 Å². The second-order valence-corrected chi connectivity index (χ2v) is 14.5. The molecule has 0 aliphatic carbocycles. The van der Waals surface area contributed by atoms with Crippen molar-refractivity contribution in [1.29, 1.82) is 0 Å². The first-order valence-corrected chi connectivity index (χ1v) is 18.6. The first kappa shape index (κ1) is 36.4. The average molecular weight is 724 g/mol. The number of likely N-dealkylation sites (tertiary alicyclic amines) is 2. The van der Waals surface area contributed by atoms with Gasteiger partial charge >= 0.3 is 0 Å². The highest BCUT2D eigenvalue weighted by atomic mass is 16.5. The van der Waals surface area contributed by atoms with Crippen LogP contribution in [0.25, 0.3) is 11.1 Å². The van der Waals surface area contributed by atoms with E-state index in [1.165, 1.54) is 5.56 Å². The van der Waals surface area contributed by atoms with Crippen LogP contribution in [0.15, 0.2) is 52.4 Å². The Balaban J connectivity index is 0.871. The molecule has 3 fully saturated rings. The molecule has 280 valence electrons. The molecule has 13 nitrogen and oxygen atoms in total. The Morgan fingerprint density at radius 3 is 2.30 bits per heavy atom. The predicted octanol–water partition coefficient (Wildman–Crippen LogP) is 3.18. The van der Waals surface area contributed by atoms with Gasteiger partial charge in [-0.2, -0.15) is 0 Å². The minimum Gasteiger partial charge on any atom is -0.496 e. The van der Waals surface area contributed by atoms with E-state index >= 15 is 0 Å². The molecule has 13 heteroatoms. The van der Waals surface area contributed by atoms with Crippen LogP contribution in [0.1, 0.15) is 66.7 Å². The summed E-state index contributed by atoms with van der Waals surface area (Å²) in [4.78, 5) is 58.1. The molecule has 0 saturated carbocycles. The summed E-state index contributed by atoms with van der Waals surface area (Å²) in [5, 5.41) is 9.32. The summed E-state index contributed by atoms with van der Waals surface area (Å²) < 4.78 is 13.3. The van der Waals surface area contributed by atoms with E-state index in [9.17, 15) is 19.2 Å². The molecule has 1 unspecified atom stereocenters. The summed E-state index contributed by atoms with van der Waals surface area (Å²) in [6.45, 7) is 4.61. The second-order valence-electron chi connectivity index (χ2n) is 14.5. The molecule has 4 aliphatic rings. The number of methoxy groups -OCH3 is 2. The Hall–Kier alpha value is -5.01. The number of aryl methyl sites for hydroxylation is 1. The fourth-order valence-electron chi connectivity index (χ4n) is 8.06. The van der Waals surface area contributed by atoms with Crippen LogP contribution >= 0.6 is 0 Å². The van der Waals surface area contributed by atoms with E-state index in [2.05, 4.69) is 38.0 Å². The van der Waals surface area contributed by atoms with Gasteiger partial charge in [0.1, 0.15) is 17.5 Å². The highest BCUT2D eigenvalue weighted by Crippen LogP contribution is 2.37. The van der Waals surface area contributed by atoms with Gasteiger partial charge in [0.2, 0.25) is 17.7 Å². The first-order valence-electron chi connectivity index (χ1n) is 18.6. The van der Waals surface area contributed by atoms with E-state index in [1.54, 1.807) is 32.0 Å². The third kappa shape index (κ3) is 8.01. The zero-order valence-electron chi connectivity index (χ0n) is 30.8. The van der Waals surface area contributed by atoms with Gasteiger partial charge in [-0.05, 0) is 86.5 Å². The van der Waals surface area contributed by atoms with Crippen LogP contribution in [0.5, 0.6) is 11.5 Å². The maximum Gasteiger partial charge on any atom is 0.256 e. The van der Waals surface area contributed by atoms with Gasteiger partial charge in [-0.25, -0.2) is 0 Å². The molecule has 4 aliphatic heterocycles. The molecular formula is C40H49N7O6. The molecule has 3 amide bonds. The Kier molecular flexibility index (Phi) is 10.9. The average Bonchev–Trinajstić information content (AvgIpc) is 3.68. The Morgan fingerprint density at radius 1 is 0.943 bits per heavy atom. The molecule has 53 heavy (non-hydrogen) atoms. The molecule has 1 aromatic heterocycles. The van der Waals surface area contributed by atoms with Gasteiger partial charge in [0, 0.05) is 79.5 Å². The number of ether oxygens (including phenoxy) is 2. The Morgan fingerprint density at radius 2 is 1.64 bits per heavy atom. The zero-order valence-corrected chi connectivity index (χ0v) is 30.8. The van der Waals surface area contributed by atoms with E-state index in [0.29, 0.717) is 55.5 Å². The standard InChI is InChI=1S/C40H49N7O6/c1-45-23-33(30-20-41-21-31(30)40(45)51)27-18-35(52-2)32(36(19-27)53-3)22-42-28-12-16-47(17-13-28)38(49)24-46-14-10-26(11-15-46)25-4-6-29(7-5-25)43-34-8-9-37(48)44-39(34)50/h4-7,18-20,23,26,28,34,42-43H,8-17,21-22,24H2,1-3H3,(H,44,48,50). The molecule has 0 spiro atoms. The largest absolute Gasteiger partial charge is 0.496 e. The van der Waals surface area contributed by atoms with Crippen molar-refractivity contribution in [2.45, 2.75) is 69.6 Å². The summed E-state index contributed by atoms with van der Waals surface area (Å²) in [6.07, 6.45) is 8.19. The lowest BCUT2D eigenvalue weighted by molar-refractivity contribution is -0.134. The van der Waals surface area contributed by atoms with Crippen LogP contribution in [-0.2, 0) is 34.5 Å². The van der Waals surface area contributed by atoms with Crippen molar-refractivity contribution in [3.05, 3.63) is 75.2 Å². The third-order valence-electron chi connectivity index (χ3n) is 11.2. The van der Waals surface area contributed by atoms with Crippen molar-refractivity contribution in [2.24, 2.45) is 12.0 Å². The van der Waals surface area contributed by atoms with Crippen LogP contribution in [-0.4, -0.2) is 97.3 Å². The van der Waals surface area contributed by atoms with Crippen LogP contribution < -0.4 is 31.0 Å². The summed E-state index contributed by atoms with van der Waals surface area (Å²) in [5.74, 6) is 1.56. The number of nitrogens with one attached hydrogen (secondary N) is 3. The number of nitrogens with zero attached hydrogens (tertiary/aromatic N) is 4. The number of carbonyl (C=O) groups excluding carboxylic acids is 3. The van der Waals surface area contributed by atoms with Crippen molar-refractivity contribution < 1.29 is 23.9 Å². The minimum atomic E-state index is -0.392. The molecule has 0 radical (unpaired) electrons. The monoisotopic (exact) mass is 723 g/mol. The van der Waals surface area contributed by atoms with Crippen molar-refractivity contribution in [3.8, 4) is 22.6 Å². The predicted molar refractivity (Wildman–Crippen MR) is 203 cm³/mol. The van der Waals surface area contributed by atoms with Crippen LogP contribution in [0, 0.1) is 0 Å². The number of carbonyl (C=O) groups is 3. The van der Waals surface area contributed by atoms with Gasteiger partial charge in [0.15, 0.2) is 0 Å². The number of hydrogen-bond acceptors (Lipinski definition) is 10. The molecule has 1 atom stereocenters. The number of pyridine rings is 1. The van der Waals surface area contributed by atoms with E-state index in [1.807, 2.05) is 35.4 Å². The lowest BCUT2D eigenvalue weighted by atomic mass is 9.89. The zero-order chi connectivity index (χ0) is 37.1. The highest BCUT2D eigenvalue weighted by molar-refractivity contribution is 6.01. The molecule has 3 aromatic rings. The number of hydrogen-bond donors (Lipinski definition) is 3. The SMILES string of the molecule is COc1cc(-c2cn(C)c(=O)c3c2C=NC3)cc(OC)c1CNC1CCN(C(=O)CN2CCC(c3ccc(NC4CCC(=O)NC4=O)cc3)CC2)CC1. The number of amides is 3. The smallest absolute Gasteiger partial charge is 0.256 e. The Bertz CT molecular complexity index is 1920. The summed E-state index contributed by atoms with van der Waals surface area (Å²) in [6, 6.07) is 12.1. The van der Waals surface area contributed by atoms with Crippen molar-refractivity contribution in [3.63, 3.8) is 0 Å². The van der Waals surface area contributed by atoms with Crippen LogP contribution in [0.4, 0.5) is 5.69 Å². The highest BCUT2D eigenvalue weighted by Gasteiger charge is 2.29. The third-order valence-corrected chi connectivity index (χ3v) is 11.2. The van der Waals surface area contributed by atoms with Crippen LogP contribution in [0.3, 0.4) is 0 Å². The van der Waals surface area contributed by atoms with Crippen molar-refractivity contribution in [2.75, 3.05) is 52.3 Å². The van der Waals surface area contributed by atoms with Gasteiger partial charge in [-0.1, -0.05) is 12.1 Å². The van der Waals surface area contributed by atoms with Gasteiger partial charge in [0.25, 0.3) is 5.56 Å². The molecule has 5 heterocycles. The maximum absolute atomic E-state index is 13.3. The van der Waals surface area contributed by atoms with Crippen LogP contribution in [0.2, 0.25) is 0 Å². The lowest BCUT2D eigenvalue weighted by Crippen LogP contribution is -2.48.